The normalized spacial score (nSPS) is 12.2. The molecule has 0 aliphatic carbocycles. The molecule has 2 N–H and O–H groups in total. The fourth-order valence-corrected chi connectivity index (χ4v) is 1.59. The van der Waals surface area contributed by atoms with Crippen LogP contribution in [0.25, 0.3) is 0 Å². The van der Waals surface area contributed by atoms with Gasteiger partial charge in [-0.3, -0.25) is 0 Å². The number of oxazole rings is 1. The monoisotopic (exact) mass is 257 g/mol. The molecule has 1 aromatic heterocycles. The minimum Gasteiger partial charge on any atom is -0.444 e. The number of hydrogen-bond acceptors (Lipinski definition) is 4. The summed E-state index contributed by atoms with van der Waals surface area (Å²) in [6, 6.07) is 0.177. The van der Waals surface area contributed by atoms with Crippen LogP contribution in [0.4, 0.5) is 0 Å². The number of ether oxygens (including phenoxy) is 1. The summed E-state index contributed by atoms with van der Waals surface area (Å²) < 4.78 is 10.5. The van der Waals surface area contributed by atoms with Crippen LogP contribution in [0.3, 0.4) is 0 Å². The number of nitrogens with one attached hydrogen (secondary N) is 2. The number of thiocarbonyl (C=S) groups is 1. The first-order valence-corrected chi connectivity index (χ1v) is 6.03. The Hall–Kier alpha value is -1.14. The van der Waals surface area contributed by atoms with Gasteiger partial charge < -0.3 is 19.8 Å². The van der Waals surface area contributed by atoms with Crippen LogP contribution in [-0.4, -0.2) is 29.9 Å². The van der Waals surface area contributed by atoms with Crippen LogP contribution >= 0.6 is 12.2 Å². The summed E-state index contributed by atoms with van der Waals surface area (Å²) in [6.07, 6.45) is 2.58. The topological polar surface area (TPSA) is 59.3 Å². The van der Waals surface area contributed by atoms with Crippen LogP contribution in [-0.2, 0) is 17.7 Å². The number of hydrogen-bond donors (Lipinski definition) is 2. The average Bonchev–Trinajstić information content (AvgIpc) is 2.74. The summed E-state index contributed by atoms with van der Waals surface area (Å²) in [6.45, 7) is 5.13. The SMILES string of the molecule is CCc1cnc(CNC(=S)NC(C)COC)o1. The Kier molecular flexibility index (Phi) is 5.93. The fraction of sp³-hybridized carbons (Fsp3) is 0.636. The predicted molar refractivity (Wildman–Crippen MR) is 69.8 cm³/mol. The van der Waals surface area contributed by atoms with E-state index in [1.807, 2.05) is 13.8 Å². The molecular weight excluding hydrogens is 238 g/mol. The molecule has 17 heavy (non-hydrogen) atoms. The quantitative estimate of drug-likeness (QED) is 0.748. The predicted octanol–water partition coefficient (Wildman–Crippen LogP) is 1.24. The zero-order chi connectivity index (χ0) is 12.7. The highest BCUT2D eigenvalue weighted by atomic mass is 32.1. The van der Waals surface area contributed by atoms with Gasteiger partial charge in [0.25, 0.3) is 0 Å². The van der Waals surface area contributed by atoms with Crippen molar-refractivity contribution in [1.29, 1.82) is 0 Å². The van der Waals surface area contributed by atoms with E-state index >= 15 is 0 Å². The third-order valence-electron chi connectivity index (χ3n) is 2.14. The van der Waals surface area contributed by atoms with Crippen LogP contribution < -0.4 is 10.6 Å². The van der Waals surface area contributed by atoms with Gasteiger partial charge in [-0.15, -0.1) is 0 Å². The smallest absolute Gasteiger partial charge is 0.213 e. The largest absolute Gasteiger partial charge is 0.444 e. The van der Waals surface area contributed by atoms with E-state index in [1.165, 1.54) is 0 Å². The van der Waals surface area contributed by atoms with Crippen molar-refractivity contribution < 1.29 is 9.15 Å². The Balaban J connectivity index is 2.27. The number of aryl methyl sites for hydroxylation is 1. The molecule has 0 spiro atoms. The molecule has 1 rings (SSSR count). The molecule has 0 aromatic carbocycles. The molecule has 1 heterocycles. The van der Waals surface area contributed by atoms with Crippen molar-refractivity contribution in [2.24, 2.45) is 0 Å². The van der Waals surface area contributed by atoms with E-state index in [4.69, 9.17) is 21.4 Å². The maximum absolute atomic E-state index is 5.45. The lowest BCUT2D eigenvalue weighted by Crippen LogP contribution is -2.42. The Morgan fingerprint density at radius 1 is 1.65 bits per heavy atom. The third kappa shape index (κ3) is 5.14. The Bertz CT molecular complexity index is 354. The van der Waals surface area contributed by atoms with Gasteiger partial charge in [-0.2, -0.15) is 0 Å². The van der Waals surface area contributed by atoms with E-state index in [-0.39, 0.29) is 6.04 Å². The summed E-state index contributed by atoms with van der Waals surface area (Å²) in [7, 11) is 1.66. The Labute approximate surface area is 107 Å². The van der Waals surface area contributed by atoms with Gasteiger partial charge in [0.1, 0.15) is 5.76 Å². The molecule has 0 amide bonds. The minimum atomic E-state index is 0.177. The lowest BCUT2D eigenvalue weighted by Gasteiger charge is -2.15. The molecule has 5 nitrogen and oxygen atoms in total. The zero-order valence-corrected chi connectivity index (χ0v) is 11.3. The van der Waals surface area contributed by atoms with Gasteiger partial charge in [-0.05, 0) is 19.1 Å². The molecule has 0 saturated heterocycles. The van der Waals surface area contributed by atoms with Gasteiger partial charge in [0, 0.05) is 19.6 Å². The van der Waals surface area contributed by atoms with E-state index in [9.17, 15) is 0 Å². The van der Waals surface area contributed by atoms with Crippen molar-refractivity contribution in [3.05, 3.63) is 17.8 Å². The van der Waals surface area contributed by atoms with E-state index in [0.29, 0.717) is 24.2 Å². The minimum absolute atomic E-state index is 0.177. The standard InChI is InChI=1S/C11H19N3O2S/c1-4-9-5-12-10(16-9)6-13-11(17)14-8(2)7-15-3/h5,8H,4,6-7H2,1-3H3,(H2,13,14,17). The molecule has 96 valence electrons. The van der Waals surface area contributed by atoms with Crippen molar-refractivity contribution in [2.75, 3.05) is 13.7 Å². The lowest BCUT2D eigenvalue weighted by atomic mass is 10.4. The average molecular weight is 257 g/mol. The van der Waals surface area contributed by atoms with Crippen LogP contribution in [0.2, 0.25) is 0 Å². The van der Waals surface area contributed by atoms with Crippen molar-refractivity contribution in [3.63, 3.8) is 0 Å². The molecule has 1 atom stereocenters. The molecule has 0 aliphatic heterocycles. The van der Waals surface area contributed by atoms with Gasteiger partial charge >= 0.3 is 0 Å². The van der Waals surface area contributed by atoms with Crippen LogP contribution in [0.15, 0.2) is 10.6 Å². The summed E-state index contributed by atoms with van der Waals surface area (Å²) in [4.78, 5) is 4.13. The third-order valence-corrected chi connectivity index (χ3v) is 2.41. The van der Waals surface area contributed by atoms with Gasteiger partial charge in [-0.1, -0.05) is 6.92 Å². The maximum Gasteiger partial charge on any atom is 0.213 e. The summed E-state index contributed by atoms with van der Waals surface area (Å²) in [5, 5.41) is 6.71. The van der Waals surface area contributed by atoms with Gasteiger partial charge in [-0.25, -0.2) is 4.98 Å². The molecule has 0 fully saturated rings. The molecule has 1 aromatic rings. The van der Waals surface area contributed by atoms with Crippen molar-refractivity contribution in [3.8, 4) is 0 Å². The van der Waals surface area contributed by atoms with Crippen molar-refractivity contribution >= 4 is 17.3 Å². The molecule has 0 bridgehead atoms. The molecular formula is C11H19N3O2S. The Morgan fingerprint density at radius 2 is 2.41 bits per heavy atom. The highest BCUT2D eigenvalue weighted by Crippen LogP contribution is 2.03. The molecule has 0 saturated carbocycles. The molecule has 0 aliphatic rings. The number of aromatic nitrogens is 1. The zero-order valence-electron chi connectivity index (χ0n) is 10.4. The maximum atomic E-state index is 5.45. The van der Waals surface area contributed by atoms with E-state index in [1.54, 1.807) is 13.3 Å². The molecule has 6 heteroatoms. The highest BCUT2D eigenvalue weighted by molar-refractivity contribution is 7.80. The number of rotatable bonds is 6. The fourth-order valence-electron chi connectivity index (χ4n) is 1.32. The van der Waals surface area contributed by atoms with E-state index < -0.39 is 0 Å². The highest BCUT2D eigenvalue weighted by Gasteiger charge is 2.05. The van der Waals surface area contributed by atoms with Crippen molar-refractivity contribution in [1.82, 2.24) is 15.6 Å². The first kappa shape index (κ1) is 13.9. The van der Waals surface area contributed by atoms with Crippen LogP contribution in [0, 0.1) is 0 Å². The lowest BCUT2D eigenvalue weighted by molar-refractivity contribution is 0.179. The van der Waals surface area contributed by atoms with Gasteiger partial charge in [0.2, 0.25) is 5.89 Å². The van der Waals surface area contributed by atoms with E-state index in [2.05, 4.69) is 15.6 Å². The number of nitrogens with zero attached hydrogens (tertiary/aromatic N) is 1. The second-order valence-electron chi connectivity index (χ2n) is 3.76. The van der Waals surface area contributed by atoms with E-state index in [0.717, 1.165) is 12.2 Å². The van der Waals surface area contributed by atoms with Gasteiger partial charge in [0.05, 0.1) is 19.3 Å². The molecule has 1 unspecified atom stereocenters. The Morgan fingerprint density at radius 3 is 3.00 bits per heavy atom. The first-order valence-electron chi connectivity index (χ1n) is 5.62. The summed E-state index contributed by atoms with van der Waals surface area (Å²) in [5.74, 6) is 1.53. The second-order valence-corrected chi connectivity index (χ2v) is 4.17. The van der Waals surface area contributed by atoms with Crippen molar-refractivity contribution in [2.45, 2.75) is 32.9 Å². The summed E-state index contributed by atoms with van der Waals surface area (Å²) in [5.41, 5.74) is 0. The van der Waals surface area contributed by atoms with Gasteiger partial charge in [0.15, 0.2) is 5.11 Å². The second kappa shape index (κ2) is 7.24. The molecule has 0 radical (unpaired) electrons. The van der Waals surface area contributed by atoms with Crippen LogP contribution in [0.5, 0.6) is 0 Å². The van der Waals surface area contributed by atoms with Crippen LogP contribution in [0.1, 0.15) is 25.5 Å². The summed E-state index contributed by atoms with van der Waals surface area (Å²) >= 11 is 5.13. The first-order chi connectivity index (χ1) is 8.15. The number of methoxy groups -OCH3 is 1.